The first kappa shape index (κ1) is 18.2. The van der Waals surface area contributed by atoms with Crippen LogP contribution in [-0.2, 0) is 14.3 Å². The van der Waals surface area contributed by atoms with Gasteiger partial charge in [-0.15, -0.1) is 0 Å². The maximum Gasteiger partial charge on any atom is 0.331 e. The van der Waals surface area contributed by atoms with Gasteiger partial charge in [0.05, 0.1) is 11.0 Å². The van der Waals surface area contributed by atoms with Gasteiger partial charge in [0.2, 0.25) is 0 Å². The molecule has 3 aromatic rings. The average Bonchev–Trinajstić information content (AvgIpc) is 3.00. The van der Waals surface area contributed by atoms with E-state index < -0.39 is 18.0 Å². The molecular weight excluding hydrogens is 346 g/mol. The highest BCUT2D eigenvalue weighted by molar-refractivity contribution is 5.97. The highest BCUT2D eigenvalue weighted by atomic mass is 16.5. The number of rotatable bonds is 5. The highest BCUT2D eigenvalue weighted by Gasteiger charge is 2.17. The van der Waals surface area contributed by atoms with Crippen molar-refractivity contribution >= 4 is 34.7 Å². The Kier molecular flexibility index (Phi) is 5.21. The molecule has 7 heteroatoms. The summed E-state index contributed by atoms with van der Waals surface area (Å²) in [7, 11) is 0. The molecule has 1 amide bonds. The molecule has 0 saturated carbocycles. The lowest BCUT2D eigenvalue weighted by Gasteiger charge is -2.12. The van der Waals surface area contributed by atoms with Crippen LogP contribution in [0.3, 0.4) is 0 Å². The third kappa shape index (κ3) is 4.52. The standard InChI is InChI=1S/C20H19N3O4/c1-12-5-3-4-6-14(12)7-10-18(24)27-13(2)19(25)21-15-8-9-16-17(11-15)23-20(26)22-16/h3-11,13H,1-2H3,(H,21,25)(H2,22,23,26)/b10-7+/t13-/m0/s1. The summed E-state index contributed by atoms with van der Waals surface area (Å²) in [5.74, 6) is -1.07. The maximum atomic E-state index is 12.2. The Bertz CT molecular complexity index is 1080. The van der Waals surface area contributed by atoms with E-state index in [0.29, 0.717) is 16.7 Å². The number of imidazole rings is 1. The van der Waals surface area contributed by atoms with E-state index in [-0.39, 0.29) is 5.69 Å². The Morgan fingerprint density at radius 3 is 2.63 bits per heavy atom. The summed E-state index contributed by atoms with van der Waals surface area (Å²) in [6, 6.07) is 12.6. The second kappa shape index (κ2) is 7.74. The Morgan fingerprint density at radius 1 is 1.11 bits per heavy atom. The molecule has 1 heterocycles. The molecule has 1 aromatic heterocycles. The van der Waals surface area contributed by atoms with Crippen molar-refractivity contribution in [1.82, 2.24) is 9.97 Å². The zero-order valence-electron chi connectivity index (χ0n) is 14.9. The lowest BCUT2D eigenvalue weighted by atomic mass is 10.1. The number of nitrogens with one attached hydrogen (secondary N) is 3. The molecule has 1 atom stereocenters. The van der Waals surface area contributed by atoms with E-state index in [4.69, 9.17) is 4.74 Å². The van der Waals surface area contributed by atoms with E-state index in [1.165, 1.54) is 13.0 Å². The molecule has 3 rings (SSSR count). The molecule has 3 N–H and O–H groups in total. The molecule has 0 saturated heterocycles. The second-order valence-corrected chi connectivity index (χ2v) is 6.10. The smallest absolute Gasteiger partial charge is 0.331 e. The second-order valence-electron chi connectivity index (χ2n) is 6.10. The molecule has 7 nitrogen and oxygen atoms in total. The third-order valence-electron chi connectivity index (χ3n) is 4.03. The molecule has 138 valence electrons. The van der Waals surface area contributed by atoms with Crippen LogP contribution in [0.4, 0.5) is 5.69 Å². The van der Waals surface area contributed by atoms with E-state index in [1.54, 1.807) is 24.3 Å². The lowest BCUT2D eigenvalue weighted by molar-refractivity contribution is -0.148. The number of fused-ring (bicyclic) bond motifs is 1. The first-order valence-electron chi connectivity index (χ1n) is 8.39. The van der Waals surface area contributed by atoms with Crippen LogP contribution >= 0.6 is 0 Å². The predicted octanol–water partition coefficient (Wildman–Crippen LogP) is 2.75. The number of benzene rings is 2. The van der Waals surface area contributed by atoms with Crippen molar-refractivity contribution in [3.8, 4) is 0 Å². The SMILES string of the molecule is Cc1ccccc1/C=C/C(=O)O[C@@H](C)C(=O)Nc1ccc2[nH]c(=O)[nH]c2c1. The fourth-order valence-electron chi connectivity index (χ4n) is 2.55. The van der Waals surface area contributed by atoms with Gasteiger partial charge in [0.15, 0.2) is 6.10 Å². The van der Waals surface area contributed by atoms with Gasteiger partial charge in [0.25, 0.3) is 5.91 Å². The Hall–Kier alpha value is -3.61. The minimum Gasteiger partial charge on any atom is -0.449 e. The molecule has 0 radical (unpaired) electrons. The predicted molar refractivity (Wildman–Crippen MR) is 103 cm³/mol. The summed E-state index contributed by atoms with van der Waals surface area (Å²) < 4.78 is 5.14. The number of carbonyl (C=O) groups excluding carboxylic acids is 2. The van der Waals surface area contributed by atoms with Crippen molar-refractivity contribution in [1.29, 1.82) is 0 Å². The van der Waals surface area contributed by atoms with Crippen molar-refractivity contribution in [3.63, 3.8) is 0 Å². The van der Waals surface area contributed by atoms with Gasteiger partial charge < -0.3 is 20.0 Å². The van der Waals surface area contributed by atoms with Gasteiger partial charge in [0.1, 0.15) is 0 Å². The van der Waals surface area contributed by atoms with Crippen molar-refractivity contribution in [2.75, 3.05) is 5.32 Å². The van der Waals surface area contributed by atoms with Crippen molar-refractivity contribution in [2.24, 2.45) is 0 Å². The van der Waals surface area contributed by atoms with Crippen LogP contribution in [0.2, 0.25) is 0 Å². The summed E-state index contributed by atoms with van der Waals surface area (Å²) in [6.07, 6.45) is 1.97. The van der Waals surface area contributed by atoms with E-state index >= 15 is 0 Å². The summed E-state index contributed by atoms with van der Waals surface area (Å²) in [5, 5.41) is 2.66. The molecule has 27 heavy (non-hydrogen) atoms. The summed E-state index contributed by atoms with van der Waals surface area (Å²) in [6.45, 7) is 3.43. The van der Waals surface area contributed by atoms with Gasteiger partial charge in [-0.2, -0.15) is 0 Å². The molecule has 0 aliphatic carbocycles. The number of ether oxygens (including phenoxy) is 1. The Balaban J connectivity index is 1.60. The van der Waals surface area contributed by atoms with Crippen LogP contribution in [0.5, 0.6) is 0 Å². The molecule has 0 bridgehead atoms. The van der Waals surface area contributed by atoms with Crippen LogP contribution in [-0.4, -0.2) is 27.9 Å². The molecule has 0 spiro atoms. The van der Waals surface area contributed by atoms with Gasteiger partial charge in [-0.1, -0.05) is 24.3 Å². The van der Waals surface area contributed by atoms with Crippen molar-refractivity contribution in [3.05, 3.63) is 70.2 Å². The number of H-pyrrole nitrogens is 2. The molecule has 2 aromatic carbocycles. The number of aromatic nitrogens is 2. The van der Waals surface area contributed by atoms with Gasteiger partial charge in [-0.3, -0.25) is 4.79 Å². The number of aryl methyl sites for hydroxylation is 1. The first-order valence-corrected chi connectivity index (χ1v) is 8.39. The monoisotopic (exact) mass is 365 g/mol. The van der Waals surface area contributed by atoms with Crippen LogP contribution < -0.4 is 11.0 Å². The number of hydrogen-bond acceptors (Lipinski definition) is 4. The van der Waals surface area contributed by atoms with Crippen LogP contribution in [0.25, 0.3) is 17.1 Å². The number of amides is 1. The molecular formula is C20H19N3O4. The zero-order chi connectivity index (χ0) is 19.4. The normalized spacial score (nSPS) is 12.2. The maximum absolute atomic E-state index is 12.2. The van der Waals surface area contributed by atoms with Gasteiger partial charge in [-0.25, -0.2) is 9.59 Å². The number of anilines is 1. The molecule has 0 unspecified atom stereocenters. The third-order valence-corrected chi connectivity index (χ3v) is 4.03. The highest BCUT2D eigenvalue weighted by Crippen LogP contribution is 2.15. The number of carbonyl (C=O) groups is 2. The van der Waals surface area contributed by atoms with Gasteiger partial charge in [0, 0.05) is 11.8 Å². The summed E-state index contributed by atoms with van der Waals surface area (Å²) >= 11 is 0. The van der Waals surface area contributed by atoms with E-state index in [0.717, 1.165) is 11.1 Å². The number of aromatic amines is 2. The zero-order valence-corrected chi connectivity index (χ0v) is 14.9. The van der Waals surface area contributed by atoms with Gasteiger partial charge in [-0.05, 0) is 49.2 Å². The van der Waals surface area contributed by atoms with E-state index in [2.05, 4.69) is 15.3 Å². The lowest BCUT2D eigenvalue weighted by Crippen LogP contribution is -2.29. The van der Waals surface area contributed by atoms with Crippen LogP contribution in [0.1, 0.15) is 18.1 Å². The van der Waals surface area contributed by atoms with Crippen molar-refractivity contribution < 1.29 is 14.3 Å². The fourth-order valence-corrected chi connectivity index (χ4v) is 2.55. The molecule has 0 aliphatic heterocycles. The Labute approximate surface area is 155 Å². The molecule has 0 aliphatic rings. The quantitative estimate of drug-likeness (QED) is 0.478. The Morgan fingerprint density at radius 2 is 1.85 bits per heavy atom. The number of hydrogen-bond donors (Lipinski definition) is 3. The minimum absolute atomic E-state index is 0.323. The topological polar surface area (TPSA) is 104 Å². The van der Waals surface area contributed by atoms with Crippen LogP contribution in [0.15, 0.2) is 53.3 Å². The summed E-state index contributed by atoms with van der Waals surface area (Å²) in [4.78, 5) is 40.7. The number of esters is 1. The average molecular weight is 365 g/mol. The first-order chi connectivity index (χ1) is 12.9. The van der Waals surface area contributed by atoms with Crippen LogP contribution in [0, 0.1) is 6.92 Å². The van der Waals surface area contributed by atoms with Gasteiger partial charge >= 0.3 is 11.7 Å². The van der Waals surface area contributed by atoms with E-state index in [1.807, 2.05) is 31.2 Å². The molecule has 0 fully saturated rings. The summed E-state index contributed by atoms with van der Waals surface area (Å²) in [5.41, 5.74) is 3.31. The van der Waals surface area contributed by atoms with Crippen molar-refractivity contribution in [2.45, 2.75) is 20.0 Å². The largest absolute Gasteiger partial charge is 0.449 e. The minimum atomic E-state index is -0.972. The fraction of sp³-hybridized carbons (Fsp3) is 0.150. The van der Waals surface area contributed by atoms with E-state index in [9.17, 15) is 14.4 Å².